The van der Waals surface area contributed by atoms with Crippen LogP contribution in [0.15, 0.2) is 42.6 Å². The highest BCUT2D eigenvalue weighted by Gasteiger charge is 2.04. The van der Waals surface area contributed by atoms with Gasteiger partial charge in [0.25, 0.3) is 0 Å². The van der Waals surface area contributed by atoms with Gasteiger partial charge in [0.15, 0.2) is 0 Å². The van der Waals surface area contributed by atoms with Gasteiger partial charge in [-0.15, -0.1) is 0 Å². The quantitative estimate of drug-likeness (QED) is 0.670. The van der Waals surface area contributed by atoms with Crippen molar-refractivity contribution < 1.29 is 4.39 Å². The Kier molecular flexibility index (Phi) is 5.63. The van der Waals surface area contributed by atoms with Crippen LogP contribution in [0.4, 0.5) is 4.39 Å². The number of nitrogens with zero attached hydrogens (tertiary/aromatic N) is 1. The smallest absolute Gasteiger partial charge is 0.123 e. The predicted octanol–water partition coefficient (Wildman–Crippen LogP) is 4.47. The van der Waals surface area contributed by atoms with Gasteiger partial charge in [-0.2, -0.15) is 0 Å². The molecule has 98 valence electrons. The van der Waals surface area contributed by atoms with Gasteiger partial charge in [0.05, 0.1) is 0 Å². The zero-order chi connectivity index (χ0) is 13.5. The molecule has 0 saturated heterocycles. The molecule has 1 rings (SSSR count). The second-order valence-electron chi connectivity index (χ2n) is 4.66. The largest absolute Gasteiger partial charge is 0.380 e. The molecule has 18 heavy (non-hydrogen) atoms. The van der Waals surface area contributed by atoms with E-state index >= 15 is 0 Å². The molecule has 0 spiro atoms. The molecule has 1 aromatic rings. The molecule has 0 saturated carbocycles. The summed E-state index contributed by atoms with van der Waals surface area (Å²) < 4.78 is 12.9. The highest BCUT2D eigenvalue weighted by atomic mass is 19.1. The van der Waals surface area contributed by atoms with Crippen molar-refractivity contribution in [3.05, 3.63) is 54.0 Å². The number of unbranched alkanes of at least 4 members (excludes halogenated alkanes) is 1. The Morgan fingerprint density at radius 2 is 1.94 bits per heavy atom. The summed E-state index contributed by atoms with van der Waals surface area (Å²) >= 11 is 0. The van der Waals surface area contributed by atoms with Crippen molar-refractivity contribution in [2.75, 3.05) is 13.6 Å². The van der Waals surface area contributed by atoms with Crippen molar-refractivity contribution >= 4 is 5.57 Å². The van der Waals surface area contributed by atoms with Gasteiger partial charge < -0.3 is 4.90 Å². The molecular formula is C16H22FN. The van der Waals surface area contributed by atoms with Gasteiger partial charge in [0.2, 0.25) is 0 Å². The lowest BCUT2D eigenvalue weighted by molar-refractivity contribution is 0.442. The van der Waals surface area contributed by atoms with E-state index in [1.165, 1.54) is 25.0 Å². The Bertz CT molecular complexity index is 417. The van der Waals surface area contributed by atoms with Gasteiger partial charge in [-0.1, -0.05) is 32.1 Å². The molecule has 1 aromatic carbocycles. The van der Waals surface area contributed by atoms with Gasteiger partial charge >= 0.3 is 0 Å². The van der Waals surface area contributed by atoms with E-state index in [0.29, 0.717) is 0 Å². The second-order valence-corrected chi connectivity index (χ2v) is 4.66. The number of allylic oxidation sites excluding steroid dienone is 2. The van der Waals surface area contributed by atoms with Crippen molar-refractivity contribution in [2.45, 2.75) is 26.7 Å². The van der Waals surface area contributed by atoms with Crippen LogP contribution in [0.1, 0.15) is 32.3 Å². The average molecular weight is 247 g/mol. The zero-order valence-electron chi connectivity index (χ0n) is 11.5. The van der Waals surface area contributed by atoms with Crippen molar-refractivity contribution in [3.8, 4) is 0 Å². The summed E-state index contributed by atoms with van der Waals surface area (Å²) in [6, 6.07) is 6.56. The molecule has 1 nitrogen and oxygen atoms in total. The maximum absolute atomic E-state index is 12.9. The van der Waals surface area contributed by atoms with E-state index < -0.39 is 0 Å². The first-order chi connectivity index (χ1) is 8.54. The van der Waals surface area contributed by atoms with Crippen LogP contribution in [-0.4, -0.2) is 18.5 Å². The summed E-state index contributed by atoms with van der Waals surface area (Å²) in [6.07, 6.45) is 4.43. The standard InChI is InChI=1S/C16H22FN/c1-5-6-11-18(4)12-16(13(2)3)14-7-9-15(17)10-8-14/h7-10,12H,2,5-6,11H2,1,3-4H3/b16-12+. The number of hydrogen-bond acceptors (Lipinski definition) is 1. The summed E-state index contributed by atoms with van der Waals surface area (Å²) in [5, 5.41) is 0. The molecule has 0 heterocycles. The van der Waals surface area contributed by atoms with Crippen LogP contribution in [0.2, 0.25) is 0 Å². The van der Waals surface area contributed by atoms with Gasteiger partial charge in [-0.25, -0.2) is 4.39 Å². The van der Waals surface area contributed by atoms with Gasteiger partial charge in [0.1, 0.15) is 5.82 Å². The first-order valence-electron chi connectivity index (χ1n) is 6.38. The van der Waals surface area contributed by atoms with E-state index in [-0.39, 0.29) is 5.82 Å². The van der Waals surface area contributed by atoms with Crippen LogP contribution in [-0.2, 0) is 0 Å². The molecule has 0 atom stereocenters. The Morgan fingerprint density at radius 3 is 2.44 bits per heavy atom. The number of rotatable bonds is 6. The Hall–Kier alpha value is -1.57. The van der Waals surface area contributed by atoms with E-state index in [2.05, 4.69) is 31.7 Å². The van der Waals surface area contributed by atoms with E-state index in [1.54, 1.807) is 12.1 Å². The zero-order valence-corrected chi connectivity index (χ0v) is 11.5. The highest BCUT2D eigenvalue weighted by Crippen LogP contribution is 2.22. The first kappa shape index (κ1) is 14.5. The van der Waals surface area contributed by atoms with Crippen molar-refractivity contribution in [3.63, 3.8) is 0 Å². The Balaban J connectivity index is 2.92. The van der Waals surface area contributed by atoms with Gasteiger partial charge in [0, 0.05) is 19.8 Å². The minimum Gasteiger partial charge on any atom is -0.380 e. The van der Waals surface area contributed by atoms with E-state index in [1.807, 2.05) is 6.92 Å². The number of benzene rings is 1. The minimum atomic E-state index is -0.209. The van der Waals surface area contributed by atoms with Gasteiger partial charge in [-0.3, -0.25) is 0 Å². The average Bonchev–Trinajstić information content (AvgIpc) is 2.34. The molecule has 0 aliphatic carbocycles. The Morgan fingerprint density at radius 1 is 1.33 bits per heavy atom. The molecule has 2 heteroatoms. The predicted molar refractivity (Wildman–Crippen MR) is 76.7 cm³/mol. The van der Waals surface area contributed by atoms with Crippen molar-refractivity contribution in [2.24, 2.45) is 0 Å². The van der Waals surface area contributed by atoms with Crippen LogP contribution >= 0.6 is 0 Å². The number of halogens is 1. The van der Waals surface area contributed by atoms with Crippen LogP contribution in [0.25, 0.3) is 5.57 Å². The first-order valence-corrected chi connectivity index (χ1v) is 6.38. The molecule has 0 aromatic heterocycles. The second kappa shape index (κ2) is 7.00. The summed E-state index contributed by atoms with van der Waals surface area (Å²) in [5.41, 5.74) is 3.06. The Labute approximate surface area is 110 Å². The molecule has 0 aliphatic rings. The van der Waals surface area contributed by atoms with Crippen LogP contribution in [0.5, 0.6) is 0 Å². The van der Waals surface area contributed by atoms with Crippen molar-refractivity contribution in [1.29, 1.82) is 0 Å². The molecule has 0 aliphatic heterocycles. The fourth-order valence-electron chi connectivity index (χ4n) is 1.75. The summed E-state index contributed by atoms with van der Waals surface area (Å²) in [4.78, 5) is 2.16. The number of hydrogen-bond donors (Lipinski definition) is 0. The summed E-state index contributed by atoms with van der Waals surface area (Å²) in [5.74, 6) is -0.209. The fourth-order valence-corrected chi connectivity index (χ4v) is 1.75. The summed E-state index contributed by atoms with van der Waals surface area (Å²) in [6.45, 7) is 9.17. The molecule has 0 radical (unpaired) electrons. The minimum absolute atomic E-state index is 0.209. The molecule has 0 N–H and O–H groups in total. The molecular weight excluding hydrogens is 225 g/mol. The van der Waals surface area contributed by atoms with Crippen molar-refractivity contribution in [1.82, 2.24) is 4.90 Å². The van der Waals surface area contributed by atoms with E-state index in [4.69, 9.17) is 0 Å². The fraction of sp³-hybridized carbons (Fsp3) is 0.375. The topological polar surface area (TPSA) is 3.24 Å². The van der Waals surface area contributed by atoms with E-state index in [0.717, 1.165) is 23.3 Å². The van der Waals surface area contributed by atoms with Crippen LogP contribution in [0.3, 0.4) is 0 Å². The van der Waals surface area contributed by atoms with Crippen LogP contribution < -0.4 is 0 Å². The lowest BCUT2D eigenvalue weighted by atomic mass is 10.0. The lowest BCUT2D eigenvalue weighted by Gasteiger charge is -2.17. The van der Waals surface area contributed by atoms with Crippen LogP contribution in [0, 0.1) is 5.82 Å². The third-order valence-corrected chi connectivity index (χ3v) is 2.83. The maximum atomic E-state index is 12.9. The third-order valence-electron chi connectivity index (χ3n) is 2.83. The SMILES string of the molecule is C=C(C)/C(=C\N(C)CCCC)c1ccc(F)cc1. The molecule has 0 bridgehead atoms. The molecule has 0 fully saturated rings. The highest BCUT2D eigenvalue weighted by molar-refractivity contribution is 5.77. The monoisotopic (exact) mass is 247 g/mol. The third kappa shape index (κ3) is 4.36. The van der Waals surface area contributed by atoms with E-state index in [9.17, 15) is 4.39 Å². The normalized spacial score (nSPS) is 11.4. The lowest BCUT2D eigenvalue weighted by Crippen LogP contribution is -2.13. The maximum Gasteiger partial charge on any atom is 0.123 e. The van der Waals surface area contributed by atoms with Gasteiger partial charge in [-0.05, 0) is 42.2 Å². The summed E-state index contributed by atoms with van der Waals surface area (Å²) in [7, 11) is 2.06. The molecule has 0 unspecified atom stereocenters. The molecule has 0 amide bonds.